The summed E-state index contributed by atoms with van der Waals surface area (Å²) in [7, 11) is 0. The van der Waals surface area contributed by atoms with E-state index in [0.717, 1.165) is 29.4 Å². The van der Waals surface area contributed by atoms with Gasteiger partial charge in [-0.2, -0.15) is 0 Å². The molecule has 1 aromatic rings. The summed E-state index contributed by atoms with van der Waals surface area (Å²) in [4.78, 5) is 10.4. The summed E-state index contributed by atoms with van der Waals surface area (Å²) in [5, 5.41) is 8.54. The zero-order valence-electron chi connectivity index (χ0n) is 9.36. The Hall–Kier alpha value is -1.77. The van der Waals surface area contributed by atoms with Crippen LogP contribution in [0.5, 0.6) is 5.75 Å². The predicted octanol–water partition coefficient (Wildman–Crippen LogP) is 2.50. The Bertz CT molecular complexity index is 458. The maximum absolute atomic E-state index is 10.4. The van der Waals surface area contributed by atoms with E-state index in [0.29, 0.717) is 0 Å². The van der Waals surface area contributed by atoms with E-state index in [-0.39, 0.29) is 5.60 Å². The van der Waals surface area contributed by atoms with Gasteiger partial charge in [0.15, 0.2) is 0 Å². The van der Waals surface area contributed by atoms with Crippen LogP contribution in [0.25, 0.3) is 6.08 Å². The van der Waals surface area contributed by atoms with Gasteiger partial charge >= 0.3 is 5.97 Å². The molecule has 16 heavy (non-hydrogen) atoms. The first-order valence-corrected chi connectivity index (χ1v) is 5.19. The summed E-state index contributed by atoms with van der Waals surface area (Å²) in [6.45, 7) is 4.08. The van der Waals surface area contributed by atoms with E-state index in [4.69, 9.17) is 9.84 Å². The van der Waals surface area contributed by atoms with E-state index in [9.17, 15) is 4.79 Å². The minimum Gasteiger partial charge on any atom is -0.487 e. The smallest absolute Gasteiger partial charge is 0.328 e. The Labute approximate surface area is 94.4 Å². The lowest BCUT2D eigenvalue weighted by Crippen LogP contribution is -2.24. The van der Waals surface area contributed by atoms with Gasteiger partial charge in [0, 0.05) is 12.5 Å². The van der Waals surface area contributed by atoms with Crippen molar-refractivity contribution in [1.82, 2.24) is 0 Å². The molecular formula is C13H14O3. The molecule has 0 unspecified atom stereocenters. The molecule has 1 aliphatic heterocycles. The quantitative estimate of drug-likeness (QED) is 0.776. The van der Waals surface area contributed by atoms with Crippen molar-refractivity contribution < 1.29 is 14.6 Å². The second-order valence-corrected chi connectivity index (χ2v) is 4.58. The van der Waals surface area contributed by atoms with Crippen LogP contribution < -0.4 is 4.74 Å². The summed E-state index contributed by atoms with van der Waals surface area (Å²) < 4.78 is 5.73. The van der Waals surface area contributed by atoms with E-state index in [1.54, 1.807) is 6.08 Å². The monoisotopic (exact) mass is 218 g/mol. The fourth-order valence-corrected chi connectivity index (χ4v) is 1.90. The average Bonchev–Trinajstić information content (AvgIpc) is 2.47. The number of fused-ring (bicyclic) bond motifs is 1. The van der Waals surface area contributed by atoms with Crippen LogP contribution in [0.3, 0.4) is 0 Å². The molecule has 0 amide bonds. The maximum atomic E-state index is 10.4. The van der Waals surface area contributed by atoms with E-state index >= 15 is 0 Å². The Kier molecular flexibility index (Phi) is 2.46. The molecule has 1 aliphatic rings. The van der Waals surface area contributed by atoms with Crippen molar-refractivity contribution in [2.45, 2.75) is 25.9 Å². The average molecular weight is 218 g/mol. The highest BCUT2D eigenvalue weighted by molar-refractivity contribution is 5.85. The third-order valence-electron chi connectivity index (χ3n) is 2.51. The molecule has 0 saturated heterocycles. The summed E-state index contributed by atoms with van der Waals surface area (Å²) >= 11 is 0. The van der Waals surface area contributed by atoms with Gasteiger partial charge in [0.05, 0.1) is 0 Å². The molecule has 0 atom stereocenters. The van der Waals surface area contributed by atoms with Crippen LogP contribution in [0.1, 0.15) is 25.0 Å². The minimum atomic E-state index is -0.933. The van der Waals surface area contributed by atoms with Crippen LogP contribution in [-0.2, 0) is 11.2 Å². The molecule has 0 saturated carbocycles. The first-order chi connectivity index (χ1) is 7.46. The highest BCUT2D eigenvalue weighted by atomic mass is 16.5. The summed E-state index contributed by atoms with van der Waals surface area (Å²) in [5.41, 5.74) is 1.87. The Balaban J connectivity index is 2.26. The van der Waals surface area contributed by atoms with E-state index in [1.165, 1.54) is 0 Å². The number of carboxylic acid groups (broad SMARTS) is 1. The van der Waals surface area contributed by atoms with Gasteiger partial charge in [-0.15, -0.1) is 0 Å². The molecule has 0 radical (unpaired) electrons. The van der Waals surface area contributed by atoms with Crippen molar-refractivity contribution in [2.24, 2.45) is 0 Å². The molecule has 0 aliphatic carbocycles. The van der Waals surface area contributed by atoms with Gasteiger partial charge in [0.2, 0.25) is 0 Å². The van der Waals surface area contributed by atoms with Crippen LogP contribution in [-0.4, -0.2) is 16.7 Å². The van der Waals surface area contributed by atoms with Crippen LogP contribution >= 0.6 is 0 Å². The fraction of sp³-hybridized carbons (Fsp3) is 0.308. The Morgan fingerprint density at radius 1 is 1.50 bits per heavy atom. The molecule has 2 rings (SSSR count). The van der Waals surface area contributed by atoms with Crippen molar-refractivity contribution in [3.8, 4) is 5.75 Å². The van der Waals surface area contributed by atoms with Crippen molar-refractivity contribution in [3.05, 3.63) is 35.4 Å². The highest BCUT2D eigenvalue weighted by Gasteiger charge is 2.29. The van der Waals surface area contributed by atoms with Gasteiger partial charge in [-0.25, -0.2) is 4.79 Å². The van der Waals surface area contributed by atoms with Crippen LogP contribution in [0.4, 0.5) is 0 Å². The normalized spacial score (nSPS) is 17.1. The molecule has 3 heteroatoms. The first-order valence-electron chi connectivity index (χ1n) is 5.19. The van der Waals surface area contributed by atoms with Crippen LogP contribution in [0.15, 0.2) is 24.3 Å². The number of carboxylic acids is 1. The molecule has 3 nitrogen and oxygen atoms in total. The third kappa shape index (κ3) is 2.24. The Morgan fingerprint density at radius 3 is 2.94 bits per heavy atom. The molecule has 0 aromatic heterocycles. The van der Waals surface area contributed by atoms with E-state index in [2.05, 4.69) is 0 Å². The molecular weight excluding hydrogens is 204 g/mol. The summed E-state index contributed by atoms with van der Waals surface area (Å²) in [5.74, 6) is -0.0328. The van der Waals surface area contributed by atoms with Crippen molar-refractivity contribution in [1.29, 1.82) is 0 Å². The molecule has 1 aromatic carbocycles. The molecule has 0 spiro atoms. The topological polar surface area (TPSA) is 46.5 Å². The largest absolute Gasteiger partial charge is 0.487 e. The second kappa shape index (κ2) is 3.67. The summed E-state index contributed by atoms with van der Waals surface area (Å²) in [6.07, 6.45) is 3.59. The number of benzene rings is 1. The van der Waals surface area contributed by atoms with Gasteiger partial charge in [-0.05, 0) is 43.2 Å². The number of rotatable bonds is 2. The van der Waals surface area contributed by atoms with Crippen molar-refractivity contribution in [2.75, 3.05) is 0 Å². The number of ether oxygens (including phenoxy) is 1. The lowest BCUT2D eigenvalue weighted by Gasteiger charge is -2.16. The van der Waals surface area contributed by atoms with Crippen molar-refractivity contribution >= 4 is 12.0 Å². The lowest BCUT2D eigenvalue weighted by molar-refractivity contribution is -0.131. The molecule has 1 heterocycles. The molecule has 0 bridgehead atoms. The maximum Gasteiger partial charge on any atom is 0.328 e. The van der Waals surface area contributed by atoms with Gasteiger partial charge < -0.3 is 9.84 Å². The number of aliphatic carboxylic acids is 1. The predicted molar refractivity (Wildman–Crippen MR) is 61.5 cm³/mol. The van der Waals surface area contributed by atoms with Gasteiger partial charge in [0.25, 0.3) is 0 Å². The standard InChI is InChI=1S/C13H14O3/c1-13(2)8-10-7-9(4-6-12(14)15)3-5-11(10)16-13/h3-7H,8H2,1-2H3,(H,14,15). The zero-order valence-corrected chi connectivity index (χ0v) is 9.36. The van der Waals surface area contributed by atoms with Crippen molar-refractivity contribution in [3.63, 3.8) is 0 Å². The van der Waals surface area contributed by atoms with Gasteiger partial charge in [0.1, 0.15) is 11.4 Å². The molecule has 0 fully saturated rings. The first kappa shape index (κ1) is 10.7. The molecule has 1 N–H and O–H groups in total. The number of carbonyl (C=O) groups is 1. The van der Waals surface area contributed by atoms with Crippen LogP contribution in [0.2, 0.25) is 0 Å². The number of hydrogen-bond donors (Lipinski definition) is 1. The SMILES string of the molecule is CC1(C)Cc2cc(C=CC(=O)O)ccc2O1. The minimum absolute atomic E-state index is 0.155. The van der Waals surface area contributed by atoms with Crippen LogP contribution in [0, 0.1) is 0 Å². The van der Waals surface area contributed by atoms with Gasteiger partial charge in [-0.3, -0.25) is 0 Å². The Morgan fingerprint density at radius 2 is 2.25 bits per heavy atom. The number of hydrogen-bond acceptors (Lipinski definition) is 2. The molecule has 84 valence electrons. The zero-order chi connectivity index (χ0) is 11.8. The summed E-state index contributed by atoms with van der Waals surface area (Å²) in [6, 6.07) is 5.73. The van der Waals surface area contributed by atoms with Gasteiger partial charge in [-0.1, -0.05) is 6.07 Å². The highest BCUT2D eigenvalue weighted by Crippen LogP contribution is 2.35. The second-order valence-electron chi connectivity index (χ2n) is 4.58. The van der Waals surface area contributed by atoms with E-state index in [1.807, 2.05) is 32.0 Å². The fourth-order valence-electron chi connectivity index (χ4n) is 1.90. The van der Waals surface area contributed by atoms with E-state index < -0.39 is 5.97 Å². The lowest BCUT2D eigenvalue weighted by atomic mass is 10.0. The third-order valence-corrected chi connectivity index (χ3v) is 2.51.